The van der Waals surface area contributed by atoms with E-state index in [1.807, 2.05) is 32.0 Å². The molecule has 2 aromatic rings. The lowest BCUT2D eigenvalue weighted by Gasteiger charge is -2.17. The number of aryl methyl sites for hydroxylation is 2. The average molecular weight is 361 g/mol. The van der Waals surface area contributed by atoms with Gasteiger partial charge in [-0.3, -0.25) is 9.59 Å². The van der Waals surface area contributed by atoms with Crippen LogP contribution in [0, 0.1) is 25.6 Å². The Morgan fingerprint density at radius 3 is 2.68 bits per heavy atom. The van der Waals surface area contributed by atoms with E-state index >= 15 is 0 Å². The number of nitrogens with zero attached hydrogens (tertiary/aromatic N) is 1. The van der Waals surface area contributed by atoms with Crippen LogP contribution in [-0.4, -0.2) is 18.4 Å². The van der Waals surface area contributed by atoms with Crippen molar-refractivity contribution in [2.45, 2.75) is 20.3 Å². The topological polar surface area (TPSA) is 49.4 Å². The minimum Gasteiger partial charge on any atom is -0.326 e. The maximum Gasteiger partial charge on any atom is 0.229 e. The molecule has 4 nitrogen and oxygen atoms in total. The molecule has 1 atom stereocenters. The largest absolute Gasteiger partial charge is 0.326 e. The number of halogens is 2. The first-order chi connectivity index (χ1) is 11.8. The third-order valence-electron chi connectivity index (χ3n) is 4.35. The molecule has 6 heteroatoms. The van der Waals surface area contributed by atoms with E-state index in [1.165, 1.54) is 23.1 Å². The third-order valence-corrected chi connectivity index (χ3v) is 4.64. The predicted molar refractivity (Wildman–Crippen MR) is 96.4 cm³/mol. The Hall–Kier alpha value is -2.40. The predicted octanol–water partition coefficient (Wildman–Crippen LogP) is 4.09. The molecule has 1 unspecified atom stereocenters. The summed E-state index contributed by atoms with van der Waals surface area (Å²) in [6.07, 6.45) is 0.117. The Morgan fingerprint density at radius 2 is 2.00 bits per heavy atom. The number of hydrogen-bond donors (Lipinski definition) is 1. The Bertz CT molecular complexity index is 853. The van der Waals surface area contributed by atoms with Crippen molar-refractivity contribution < 1.29 is 14.0 Å². The number of benzene rings is 2. The summed E-state index contributed by atoms with van der Waals surface area (Å²) in [6, 6.07) is 9.88. The van der Waals surface area contributed by atoms with Crippen LogP contribution in [0.15, 0.2) is 36.4 Å². The fourth-order valence-corrected chi connectivity index (χ4v) is 3.15. The first-order valence-electron chi connectivity index (χ1n) is 7.98. The highest BCUT2D eigenvalue weighted by Gasteiger charge is 2.35. The van der Waals surface area contributed by atoms with Gasteiger partial charge in [0.25, 0.3) is 0 Å². The van der Waals surface area contributed by atoms with Crippen LogP contribution in [-0.2, 0) is 9.59 Å². The van der Waals surface area contributed by atoms with Crippen molar-refractivity contribution >= 4 is 34.8 Å². The summed E-state index contributed by atoms with van der Waals surface area (Å²) in [5, 5.41) is 2.84. The first kappa shape index (κ1) is 17.4. The van der Waals surface area contributed by atoms with Gasteiger partial charge >= 0.3 is 0 Å². The Morgan fingerprint density at radius 1 is 1.24 bits per heavy atom. The van der Waals surface area contributed by atoms with E-state index in [9.17, 15) is 14.0 Å². The molecule has 0 saturated carbocycles. The molecule has 1 N–H and O–H groups in total. The summed E-state index contributed by atoms with van der Waals surface area (Å²) < 4.78 is 13.3. The molecule has 0 spiro atoms. The molecule has 25 heavy (non-hydrogen) atoms. The molecule has 3 rings (SSSR count). The van der Waals surface area contributed by atoms with Crippen molar-refractivity contribution in [1.29, 1.82) is 0 Å². The molecule has 130 valence electrons. The SMILES string of the molecule is Cc1ccc(NC(=O)C2CC(=O)N(c3ccc(F)c(Cl)c3)C2)c(C)c1. The maximum atomic E-state index is 13.3. The van der Waals surface area contributed by atoms with Gasteiger partial charge in [0.2, 0.25) is 11.8 Å². The van der Waals surface area contributed by atoms with Crippen LogP contribution in [0.2, 0.25) is 5.02 Å². The standard InChI is InChI=1S/C19H18ClFN2O2/c1-11-3-6-17(12(2)7-11)22-19(25)13-8-18(24)23(10-13)14-4-5-16(21)15(20)9-14/h3-7,9,13H,8,10H2,1-2H3,(H,22,25). The van der Waals surface area contributed by atoms with Crippen LogP contribution in [0.1, 0.15) is 17.5 Å². The van der Waals surface area contributed by atoms with Gasteiger partial charge in [0, 0.05) is 24.3 Å². The molecule has 0 bridgehead atoms. The molecule has 1 aliphatic heterocycles. The minimum absolute atomic E-state index is 0.0477. The molecule has 0 aromatic heterocycles. The summed E-state index contributed by atoms with van der Waals surface area (Å²) >= 11 is 5.78. The van der Waals surface area contributed by atoms with E-state index in [2.05, 4.69) is 5.32 Å². The van der Waals surface area contributed by atoms with Gasteiger partial charge in [0.1, 0.15) is 5.82 Å². The van der Waals surface area contributed by atoms with E-state index in [0.29, 0.717) is 5.69 Å². The summed E-state index contributed by atoms with van der Waals surface area (Å²) in [5.41, 5.74) is 3.33. The van der Waals surface area contributed by atoms with Gasteiger partial charge in [-0.25, -0.2) is 4.39 Å². The van der Waals surface area contributed by atoms with E-state index < -0.39 is 11.7 Å². The van der Waals surface area contributed by atoms with Crippen molar-refractivity contribution in [3.8, 4) is 0 Å². The molecule has 1 saturated heterocycles. The van der Waals surface area contributed by atoms with Crippen LogP contribution in [0.25, 0.3) is 0 Å². The van der Waals surface area contributed by atoms with Crippen LogP contribution < -0.4 is 10.2 Å². The summed E-state index contributed by atoms with van der Waals surface area (Å²) in [5.74, 6) is -1.38. The van der Waals surface area contributed by atoms with E-state index in [0.717, 1.165) is 16.8 Å². The normalized spacial score (nSPS) is 17.0. The first-order valence-corrected chi connectivity index (χ1v) is 8.36. The highest BCUT2D eigenvalue weighted by molar-refractivity contribution is 6.31. The Kier molecular flexibility index (Phi) is 4.77. The molecule has 2 amide bonds. The number of carbonyl (C=O) groups is 2. The van der Waals surface area contributed by atoms with Crippen LogP contribution >= 0.6 is 11.6 Å². The van der Waals surface area contributed by atoms with Crippen LogP contribution in [0.4, 0.5) is 15.8 Å². The zero-order valence-corrected chi connectivity index (χ0v) is 14.7. The molecule has 1 heterocycles. The van der Waals surface area contributed by atoms with Gasteiger partial charge in [0.15, 0.2) is 0 Å². The number of hydrogen-bond acceptors (Lipinski definition) is 2. The van der Waals surface area contributed by atoms with Gasteiger partial charge in [-0.05, 0) is 43.7 Å². The quantitative estimate of drug-likeness (QED) is 0.896. The number of amides is 2. The molecule has 1 aliphatic rings. The number of rotatable bonds is 3. The Labute approximate surface area is 150 Å². The number of carbonyl (C=O) groups excluding carboxylic acids is 2. The molecular weight excluding hydrogens is 343 g/mol. The lowest BCUT2D eigenvalue weighted by atomic mass is 10.1. The third kappa shape index (κ3) is 3.66. The average Bonchev–Trinajstić information content (AvgIpc) is 2.95. The van der Waals surface area contributed by atoms with Gasteiger partial charge in [-0.15, -0.1) is 0 Å². The lowest BCUT2D eigenvalue weighted by molar-refractivity contribution is -0.122. The van der Waals surface area contributed by atoms with Gasteiger partial charge in [-0.1, -0.05) is 29.3 Å². The molecular formula is C19H18ClFN2O2. The van der Waals surface area contributed by atoms with E-state index in [-0.39, 0.29) is 29.8 Å². The Balaban J connectivity index is 1.73. The zero-order chi connectivity index (χ0) is 18.1. The fourth-order valence-electron chi connectivity index (χ4n) is 2.97. The second-order valence-corrected chi connectivity index (χ2v) is 6.72. The second-order valence-electron chi connectivity index (χ2n) is 6.31. The van der Waals surface area contributed by atoms with Gasteiger partial charge in [0.05, 0.1) is 10.9 Å². The van der Waals surface area contributed by atoms with E-state index in [1.54, 1.807) is 0 Å². The molecule has 1 fully saturated rings. The van der Waals surface area contributed by atoms with E-state index in [4.69, 9.17) is 11.6 Å². The van der Waals surface area contributed by atoms with Crippen LogP contribution in [0.3, 0.4) is 0 Å². The molecule has 0 radical (unpaired) electrons. The molecule has 0 aliphatic carbocycles. The lowest BCUT2D eigenvalue weighted by Crippen LogP contribution is -2.28. The minimum atomic E-state index is -0.541. The zero-order valence-electron chi connectivity index (χ0n) is 14.0. The van der Waals surface area contributed by atoms with Gasteiger partial charge in [-0.2, -0.15) is 0 Å². The van der Waals surface area contributed by atoms with Crippen molar-refractivity contribution in [3.63, 3.8) is 0 Å². The van der Waals surface area contributed by atoms with Gasteiger partial charge < -0.3 is 10.2 Å². The monoisotopic (exact) mass is 360 g/mol. The highest BCUT2D eigenvalue weighted by Crippen LogP contribution is 2.29. The van der Waals surface area contributed by atoms with Crippen molar-refractivity contribution in [3.05, 3.63) is 58.4 Å². The number of anilines is 2. The summed E-state index contributed by atoms with van der Waals surface area (Å²) in [6.45, 7) is 4.16. The maximum absolute atomic E-state index is 13.3. The smallest absolute Gasteiger partial charge is 0.229 e. The second kappa shape index (κ2) is 6.84. The number of nitrogens with one attached hydrogen (secondary N) is 1. The summed E-state index contributed by atoms with van der Waals surface area (Å²) in [7, 11) is 0. The molecule has 2 aromatic carbocycles. The highest BCUT2D eigenvalue weighted by atomic mass is 35.5. The van der Waals surface area contributed by atoms with Crippen molar-refractivity contribution in [2.75, 3.05) is 16.8 Å². The van der Waals surface area contributed by atoms with Crippen molar-refractivity contribution in [1.82, 2.24) is 0 Å². The van der Waals surface area contributed by atoms with Crippen LogP contribution in [0.5, 0.6) is 0 Å². The van der Waals surface area contributed by atoms with Crippen molar-refractivity contribution in [2.24, 2.45) is 5.92 Å². The summed E-state index contributed by atoms with van der Waals surface area (Å²) in [4.78, 5) is 26.2. The fraction of sp³-hybridized carbons (Fsp3) is 0.263.